The van der Waals surface area contributed by atoms with Gasteiger partial charge in [0.2, 0.25) is 5.91 Å². The Morgan fingerprint density at radius 3 is 1.16 bits per heavy atom. The molecular formula is C84H149NO10. The fourth-order valence-corrected chi connectivity index (χ4v) is 12.2. The van der Waals surface area contributed by atoms with Gasteiger partial charge < -0.3 is 45.1 Å². The molecule has 8 atom stereocenters. The number of unbranched alkanes of at least 4 members (excludes halogenated alkanes) is 41. The smallest absolute Gasteiger partial charge is 0.306 e. The Morgan fingerprint density at radius 1 is 0.421 bits per heavy atom. The second kappa shape index (κ2) is 70.4. The SMILES string of the molecule is CC/C=C\C/C=C\C/C=C\C/C=C\C/C=C\CCCCCCCCCCCCCC(=O)OC1C(OCC(NC(=O)C(O)CCCCCCCCCCCCCCCCCC/C=C\C/C=C\CCCCC)C(O)/C=C/CCCCCCCCCCCCC)OC(CO)C(O)C1O. The van der Waals surface area contributed by atoms with Crippen LogP contribution in [0.5, 0.6) is 0 Å². The number of ether oxygens (including phenoxy) is 3. The molecule has 0 aliphatic carbocycles. The molecule has 1 fully saturated rings. The number of aliphatic hydroxyl groups excluding tert-OH is 5. The highest BCUT2D eigenvalue weighted by atomic mass is 16.7. The normalized spacial score (nSPS) is 18.3. The summed E-state index contributed by atoms with van der Waals surface area (Å²) in [6.07, 6.45) is 86.0. The van der Waals surface area contributed by atoms with E-state index in [1.54, 1.807) is 6.08 Å². The van der Waals surface area contributed by atoms with Gasteiger partial charge in [-0.2, -0.15) is 0 Å². The molecule has 0 saturated carbocycles. The number of rotatable bonds is 69. The molecule has 550 valence electrons. The zero-order valence-electron chi connectivity index (χ0n) is 61.5. The van der Waals surface area contributed by atoms with Crippen LogP contribution in [0.2, 0.25) is 0 Å². The van der Waals surface area contributed by atoms with Crippen LogP contribution in [0.1, 0.15) is 361 Å². The third-order valence-electron chi connectivity index (χ3n) is 18.5. The lowest BCUT2D eigenvalue weighted by molar-refractivity contribution is -0.305. The van der Waals surface area contributed by atoms with E-state index in [9.17, 15) is 35.1 Å². The second-order valence-electron chi connectivity index (χ2n) is 27.4. The van der Waals surface area contributed by atoms with E-state index in [2.05, 4.69) is 111 Å². The molecule has 0 bridgehead atoms. The third kappa shape index (κ3) is 57.1. The first-order valence-corrected chi connectivity index (χ1v) is 40.0. The predicted molar refractivity (Wildman–Crippen MR) is 402 cm³/mol. The standard InChI is InChI=1S/C84H149NO10/c1-4-7-10-13-16-19-22-25-27-29-31-33-35-37-39-41-43-45-47-49-51-54-57-60-63-66-69-72-79(89)95-82-81(91)80(90)78(73-86)94-84(82)93-74-75(76(87)70-67-64-61-58-55-52-24-21-18-15-12-9-6-3)85-83(92)77(88)71-68-65-62-59-56-53-50-48-46-44-42-40-38-36-34-32-30-28-26-23-20-17-14-11-8-5-2/h7,10,16-17,19-20,25-28,31,33,37,39,67,70,75-78,80-82,84,86-88,90-91H,4-6,8-9,11-15,18,21-24,29-30,32,34-36,38,40-66,68-69,71-74H2,1-3H3,(H,85,92)/b10-7-,19-16-,20-17-,27-25-,28-26-,33-31-,39-37-,70-67+. The maximum Gasteiger partial charge on any atom is 0.306 e. The number of aliphatic hydroxyl groups is 5. The first kappa shape index (κ1) is 89.6. The van der Waals surface area contributed by atoms with Crippen molar-refractivity contribution in [2.75, 3.05) is 13.2 Å². The van der Waals surface area contributed by atoms with E-state index in [-0.39, 0.29) is 13.0 Å². The van der Waals surface area contributed by atoms with Crippen molar-refractivity contribution in [2.24, 2.45) is 0 Å². The molecule has 1 aliphatic rings. The molecule has 11 nitrogen and oxygen atoms in total. The van der Waals surface area contributed by atoms with E-state index in [1.807, 2.05) is 6.08 Å². The van der Waals surface area contributed by atoms with E-state index in [0.29, 0.717) is 19.3 Å². The van der Waals surface area contributed by atoms with Crippen LogP contribution in [-0.4, -0.2) is 99.6 Å². The number of carbonyl (C=O) groups excluding carboxylic acids is 2. The highest BCUT2D eigenvalue weighted by molar-refractivity contribution is 5.80. The number of allylic oxidation sites excluding steroid dienone is 15. The van der Waals surface area contributed by atoms with Crippen molar-refractivity contribution in [3.05, 3.63) is 97.2 Å². The van der Waals surface area contributed by atoms with Gasteiger partial charge in [0.15, 0.2) is 12.4 Å². The van der Waals surface area contributed by atoms with Crippen LogP contribution in [0, 0.1) is 0 Å². The molecule has 0 radical (unpaired) electrons. The Balaban J connectivity index is 2.51. The number of hydrogen-bond donors (Lipinski definition) is 6. The van der Waals surface area contributed by atoms with E-state index in [4.69, 9.17) is 14.2 Å². The van der Waals surface area contributed by atoms with E-state index in [0.717, 1.165) is 103 Å². The Kier molecular flexibility index (Phi) is 66.4. The van der Waals surface area contributed by atoms with Gasteiger partial charge in [-0.05, 0) is 103 Å². The van der Waals surface area contributed by atoms with Crippen LogP contribution < -0.4 is 5.32 Å². The molecule has 1 heterocycles. The van der Waals surface area contributed by atoms with Crippen LogP contribution in [0.25, 0.3) is 0 Å². The zero-order chi connectivity index (χ0) is 68.8. The Bertz CT molecular complexity index is 1920. The molecular weight excluding hydrogens is 1180 g/mol. The van der Waals surface area contributed by atoms with Gasteiger partial charge in [0.25, 0.3) is 0 Å². The van der Waals surface area contributed by atoms with E-state index in [1.165, 1.54) is 212 Å². The highest BCUT2D eigenvalue weighted by Gasteiger charge is 2.47. The minimum absolute atomic E-state index is 0.117. The summed E-state index contributed by atoms with van der Waals surface area (Å²) < 4.78 is 17.8. The Labute approximate surface area is 584 Å². The lowest BCUT2D eigenvalue weighted by Crippen LogP contribution is -2.61. The van der Waals surface area contributed by atoms with Gasteiger partial charge in [0.1, 0.15) is 24.4 Å². The van der Waals surface area contributed by atoms with Gasteiger partial charge in [0.05, 0.1) is 25.4 Å². The molecule has 6 N–H and O–H groups in total. The van der Waals surface area contributed by atoms with Gasteiger partial charge >= 0.3 is 5.97 Å². The van der Waals surface area contributed by atoms with Gasteiger partial charge in [0, 0.05) is 6.42 Å². The average Bonchev–Trinajstić information content (AvgIpc) is 0.823. The first-order chi connectivity index (χ1) is 46.7. The maximum absolute atomic E-state index is 13.5. The predicted octanol–water partition coefficient (Wildman–Crippen LogP) is 21.7. The van der Waals surface area contributed by atoms with E-state index >= 15 is 0 Å². The number of esters is 1. The summed E-state index contributed by atoms with van der Waals surface area (Å²) in [5.41, 5.74) is 0. The van der Waals surface area contributed by atoms with Crippen molar-refractivity contribution < 1.29 is 49.3 Å². The van der Waals surface area contributed by atoms with Gasteiger partial charge in [-0.15, -0.1) is 0 Å². The van der Waals surface area contributed by atoms with Crippen LogP contribution >= 0.6 is 0 Å². The quantitative estimate of drug-likeness (QED) is 0.0195. The fourth-order valence-electron chi connectivity index (χ4n) is 12.2. The highest BCUT2D eigenvalue weighted by Crippen LogP contribution is 2.27. The molecule has 8 unspecified atom stereocenters. The minimum atomic E-state index is -1.62. The summed E-state index contributed by atoms with van der Waals surface area (Å²) in [7, 11) is 0. The molecule has 0 aromatic carbocycles. The lowest BCUT2D eigenvalue weighted by Gasteiger charge is -2.41. The number of carbonyl (C=O) groups is 2. The van der Waals surface area contributed by atoms with Crippen molar-refractivity contribution in [3.8, 4) is 0 Å². The number of hydrogen-bond acceptors (Lipinski definition) is 10. The zero-order valence-corrected chi connectivity index (χ0v) is 61.5. The topological polar surface area (TPSA) is 175 Å². The van der Waals surface area contributed by atoms with Crippen molar-refractivity contribution in [3.63, 3.8) is 0 Å². The van der Waals surface area contributed by atoms with Crippen molar-refractivity contribution in [1.29, 1.82) is 0 Å². The van der Waals surface area contributed by atoms with Crippen LogP contribution in [-0.2, 0) is 23.8 Å². The Morgan fingerprint density at radius 2 is 0.758 bits per heavy atom. The maximum atomic E-state index is 13.5. The average molecular weight is 1330 g/mol. The molecule has 95 heavy (non-hydrogen) atoms. The second-order valence-corrected chi connectivity index (χ2v) is 27.4. The summed E-state index contributed by atoms with van der Waals surface area (Å²) in [6.45, 7) is 5.71. The van der Waals surface area contributed by atoms with Crippen LogP contribution in [0.15, 0.2) is 97.2 Å². The molecule has 0 aromatic heterocycles. The lowest BCUT2D eigenvalue weighted by atomic mass is 9.99. The Hall–Kier alpha value is -3.42. The molecule has 0 aromatic rings. The summed E-state index contributed by atoms with van der Waals surface area (Å²) >= 11 is 0. The van der Waals surface area contributed by atoms with Crippen LogP contribution in [0.3, 0.4) is 0 Å². The van der Waals surface area contributed by atoms with Gasteiger partial charge in [-0.1, -0.05) is 349 Å². The molecule has 1 rings (SSSR count). The van der Waals surface area contributed by atoms with Crippen LogP contribution in [0.4, 0.5) is 0 Å². The molecule has 1 saturated heterocycles. The number of nitrogens with one attached hydrogen (secondary N) is 1. The van der Waals surface area contributed by atoms with Crippen molar-refractivity contribution in [1.82, 2.24) is 5.32 Å². The third-order valence-corrected chi connectivity index (χ3v) is 18.5. The molecule has 1 aliphatic heterocycles. The molecule has 0 spiro atoms. The largest absolute Gasteiger partial charge is 0.454 e. The fraction of sp³-hybridized carbons (Fsp3) is 0.786. The minimum Gasteiger partial charge on any atom is -0.454 e. The summed E-state index contributed by atoms with van der Waals surface area (Å²) in [6, 6.07) is -1.03. The van der Waals surface area contributed by atoms with Crippen molar-refractivity contribution in [2.45, 2.75) is 410 Å². The number of amides is 1. The monoisotopic (exact) mass is 1330 g/mol. The summed E-state index contributed by atoms with van der Waals surface area (Å²) in [5.74, 6) is -1.19. The molecule has 1 amide bonds. The van der Waals surface area contributed by atoms with E-state index < -0.39 is 67.4 Å². The summed E-state index contributed by atoms with van der Waals surface area (Å²) in [4.78, 5) is 26.8. The first-order valence-electron chi connectivity index (χ1n) is 40.0. The summed E-state index contributed by atoms with van der Waals surface area (Å²) in [5, 5.41) is 57.5. The molecule has 11 heteroatoms. The van der Waals surface area contributed by atoms with Gasteiger partial charge in [-0.25, -0.2) is 0 Å². The van der Waals surface area contributed by atoms with Crippen molar-refractivity contribution >= 4 is 11.9 Å². The van der Waals surface area contributed by atoms with Gasteiger partial charge in [-0.3, -0.25) is 9.59 Å².